The molecule has 0 amide bonds. The van der Waals surface area contributed by atoms with Crippen LogP contribution in [0.1, 0.15) is 77.6 Å². The summed E-state index contributed by atoms with van der Waals surface area (Å²) in [6.45, 7) is 4.54. The van der Waals surface area contributed by atoms with Gasteiger partial charge in [-0.3, -0.25) is 4.90 Å². The van der Waals surface area contributed by atoms with Crippen LogP contribution in [0, 0.1) is 11.3 Å². The monoisotopic (exact) mass is 278 g/mol. The highest BCUT2D eigenvalue weighted by Gasteiger charge is 2.40. The van der Waals surface area contributed by atoms with Crippen LogP contribution in [-0.2, 0) is 0 Å². The molecule has 2 heteroatoms. The van der Waals surface area contributed by atoms with Crippen LogP contribution in [0.25, 0.3) is 0 Å². The zero-order valence-corrected chi connectivity index (χ0v) is 13.4. The van der Waals surface area contributed by atoms with Gasteiger partial charge in [0.2, 0.25) is 0 Å². The number of nitrogens with two attached hydrogens (primary N) is 1. The first kappa shape index (κ1) is 14.8. The predicted octanol–water partition coefficient (Wildman–Crippen LogP) is 3.94. The molecule has 2 saturated carbocycles. The van der Waals surface area contributed by atoms with E-state index in [9.17, 15) is 0 Å². The van der Waals surface area contributed by atoms with Gasteiger partial charge in [0.15, 0.2) is 0 Å². The third kappa shape index (κ3) is 2.92. The van der Waals surface area contributed by atoms with Gasteiger partial charge in [-0.15, -0.1) is 0 Å². The molecule has 0 radical (unpaired) electrons. The van der Waals surface area contributed by atoms with Crippen molar-refractivity contribution >= 4 is 0 Å². The summed E-state index contributed by atoms with van der Waals surface area (Å²) in [6, 6.07) is 1.53. The summed E-state index contributed by atoms with van der Waals surface area (Å²) in [5.74, 6) is 0.935. The first-order valence-corrected chi connectivity index (χ1v) is 9.22. The van der Waals surface area contributed by atoms with Gasteiger partial charge in [-0.1, -0.05) is 26.2 Å². The Kier molecular flexibility index (Phi) is 4.72. The van der Waals surface area contributed by atoms with E-state index in [1.807, 2.05) is 0 Å². The molecule has 2 nitrogen and oxygen atoms in total. The van der Waals surface area contributed by atoms with Gasteiger partial charge in [0.1, 0.15) is 0 Å². The first-order valence-electron chi connectivity index (χ1n) is 9.22. The zero-order chi connectivity index (χ0) is 14.0. The number of likely N-dealkylation sites (tertiary alicyclic amines) is 1. The maximum atomic E-state index is 6.09. The molecule has 1 aliphatic heterocycles. The number of nitrogens with zero attached hydrogens (tertiary/aromatic N) is 1. The topological polar surface area (TPSA) is 29.3 Å². The molecule has 0 aromatic heterocycles. The Bertz CT molecular complexity index is 299. The Morgan fingerprint density at radius 2 is 1.75 bits per heavy atom. The van der Waals surface area contributed by atoms with Crippen molar-refractivity contribution in [1.82, 2.24) is 4.90 Å². The summed E-state index contributed by atoms with van der Waals surface area (Å²) in [5, 5.41) is 0. The molecule has 2 N–H and O–H groups in total. The molecule has 1 spiro atoms. The highest BCUT2D eigenvalue weighted by Crippen LogP contribution is 2.50. The minimum atomic E-state index is 0.677. The van der Waals surface area contributed by atoms with Crippen molar-refractivity contribution in [2.24, 2.45) is 17.1 Å². The Morgan fingerprint density at radius 3 is 2.35 bits per heavy atom. The molecule has 20 heavy (non-hydrogen) atoms. The van der Waals surface area contributed by atoms with E-state index in [-0.39, 0.29) is 0 Å². The Hall–Kier alpha value is -0.0800. The third-order valence-corrected chi connectivity index (χ3v) is 6.87. The smallest absolute Gasteiger partial charge is 0.0223 e. The number of hydrogen-bond donors (Lipinski definition) is 1. The third-order valence-electron chi connectivity index (χ3n) is 6.87. The van der Waals surface area contributed by atoms with Crippen LogP contribution in [0.15, 0.2) is 0 Å². The maximum absolute atomic E-state index is 6.09. The second-order valence-electron chi connectivity index (χ2n) is 7.86. The SMILES string of the molecule is CCC1CCN(C2CCC3(CCCC3)CC2)C(CN)C1. The van der Waals surface area contributed by atoms with Crippen molar-refractivity contribution in [2.45, 2.75) is 89.6 Å². The van der Waals surface area contributed by atoms with Crippen molar-refractivity contribution in [3.63, 3.8) is 0 Å². The van der Waals surface area contributed by atoms with Crippen molar-refractivity contribution in [1.29, 1.82) is 0 Å². The summed E-state index contributed by atoms with van der Waals surface area (Å²) >= 11 is 0. The molecule has 3 rings (SSSR count). The minimum Gasteiger partial charge on any atom is -0.329 e. The van der Waals surface area contributed by atoms with Gasteiger partial charge in [0, 0.05) is 18.6 Å². The number of rotatable bonds is 3. The summed E-state index contributed by atoms with van der Waals surface area (Å²) < 4.78 is 0. The van der Waals surface area contributed by atoms with Gasteiger partial charge in [0.05, 0.1) is 0 Å². The highest BCUT2D eigenvalue weighted by molar-refractivity contribution is 4.94. The molecular weight excluding hydrogens is 244 g/mol. The van der Waals surface area contributed by atoms with E-state index in [0.717, 1.165) is 23.9 Å². The summed E-state index contributed by atoms with van der Waals surface area (Å²) in [7, 11) is 0. The average Bonchev–Trinajstić information content (AvgIpc) is 2.96. The van der Waals surface area contributed by atoms with Gasteiger partial charge in [-0.05, 0) is 69.2 Å². The molecule has 3 aliphatic rings. The molecule has 2 unspecified atom stereocenters. The molecule has 2 atom stereocenters. The molecule has 0 bridgehead atoms. The lowest BCUT2D eigenvalue weighted by atomic mass is 9.70. The van der Waals surface area contributed by atoms with Gasteiger partial charge in [-0.25, -0.2) is 0 Å². The molecule has 2 aliphatic carbocycles. The van der Waals surface area contributed by atoms with E-state index in [0.29, 0.717) is 6.04 Å². The van der Waals surface area contributed by atoms with E-state index in [1.54, 1.807) is 0 Å². The van der Waals surface area contributed by atoms with Crippen LogP contribution in [0.5, 0.6) is 0 Å². The quantitative estimate of drug-likeness (QED) is 0.847. The molecule has 3 fully saturated rings. The van der Waals surface area contributed by atoms with Crippen LogP contribution in [0.3, 0.4) is 0 Å². The maximum Gasteiger partial charge on any atom is 0.0223 e. The van der Waals surface area contributed by atoms with E-state index < -0.39 is 0 Å². The minimum absolute atomic E-state index is 0.677. The fourth-order valence-corrected chi connectivity index (χ4v) is 5.41. The summed E-state index contributed by atoms with van der Waals surface area (Å²) in [4.78, 5) is 2.81. The predicted molar refractivity (Wildman–Crippen MR) is 85.7 cm³/mol. The lowest BCUT2D eigenvalue weighted by Crippen LogP contribution is -2.52. The van der Waals surface area contributed by atoms with E-state index in [4.69, 9.17) is 5.73 Å². The second-order valence-corrected chi connectivity index (χ2v) is 7.86. The molecule has 116 valence electrons. The van der Waals surface area contributed by atoms with Crippen molar-refractivity contribution < 1.29 is 0 Å². The fraction of sp³-hybridized carbons (Fsp3) is 1.00. The molecular formula is C18H34N2. The number of piperidine rings is 1. The Morgan fingerprint density at radius 1 is 1.05 bits per heavy atom. The highest BCUT2D eigenvalue weighted by atomic mass is 15.2. The zero-order valence-electron chi connectivity index (χ0n) is 13.4. The first-order chi connectivity index (χ1) is 9.76. The molecule has 1 heterocycles. The van der Waals surface area contributed by atoms with Gasteiger partial charge < -0.3 is 5.73 Å². The Balaban J connectivity index is 1.56. The van der Waals surface area contributed by atoms with Crippen LogP contribution in [0.4, 0.5) is 0 Å². The lowest BCUT2D eigenvalue weighted by Gasteiger charge is -2.47. The van der Waals surface area contributed by atoms with Gasteiger partial charge in [0.25, 0.3) is 0 Å². The van der Waals surface area contributed by atoms with E-state index in [1.165, 1.54) is 77.2 Å². The largest absolute Gasteiger partial charge is 0.329 e. The number of hydrogen-bond acceptors (Lipinski definition) is 2. The van der Waals surface area contributed by atoms with Gasteiger partial charge >= 0.3 is 0 Å². The lowest BCUT2D eigenvalue weighted by molar-refractivity contribution is 0.0271. The van der Waals surface area contributed by atoms with Crippen LogP contribution in [-0.4, -0.2) is 30.1 Å². The van der Waals surface area contributed by atoms with Crippen LogP contribution in [0.2, 0.25) is 0 Å². The van der Waals surface area contributed by atoms with Crippen LogP contribution >= 0.6 is 0 Å². The van der Waals surface area contributed by atoms with E-state index >= 15 is 0 Å². The van der Waals surface area contributed by atoms with Crippen molar-refractivity contribution in [3.05, 3.63) is 0 Å². The van der Waals surface area contributed by atoms with Gasteiger partial charge in [-0.2, -0.15) is 0 Å². The normalized spacial score (nSPS) is 35.7. The average molecular weight is 278 g/mol. The van der Waals surface area contributed by atoms with E-state index in [2.05, 4.69) is 11.8 Å². The summed E-state index contributed by atoms with van der Waals surface area (Å²) in [6.07, 6.45) is 16.1. The second kappa shape index (κ2) is 6.36. The Labute approximate surface area is 125 Å². The summed E-state index contributed by atoms with van der Waals surface area (Å²) in [5.41, 5.74) is 6.87. The molecule has 1 saturated heterocycles. The molecule has 0 aromatic carbocycles. The van der Waals surface area contributed by atoms with Crippen molar-refractivity contribution in [3.8, 4) is 0 Å². The fourth-order valence-electron chi connectivity index (χ4n) is 5.41. The van der Waals surface area contributed by atoms with Crippen LogP contribution < -0.4 is 5.73 Å². The van der Waals surface area contributed by atoms with Crippen molar-refractivity contribution in [2.75, 3.05) is 13.1 Å². The standard InChI is InChI=1S/C18H34N2/c1-2-15-7-12-20(17(13-15)14-19)16-5-10-18(11-6-16)8-3-4-9-18/h15-17H,2-14,19H2,1H3. The molecule has 0 aromatic rings.